The topological polar surface area (TPSA) is 47.4 Å². The van der Waals surface area contributed by atoms with Crippen LogP contribution in [0.4, 0.5) is 8.78 Å². The smallest absolute Gasteiger partial charge is 0.273 e. The Morgan fingerprint density at radius 1 is 1.27 bits per heavy atom. The van der Waals surface area contributed by atoms with Gasteiger partial charge in [0.05, 0.1) is 18.4 Å². The van der Waals surface area contributed by atoms with Crippen LogP contribution < -0.4 is 0 Å². The molecule has 0 unspecified atom stereocenters. The lowest BCUT2D eigenvalue weighted by Gasteiger charge is -2.28. The minimum atomic E-state index is -1.06. The van der Waals surface area contributed by atoms with Gasteiger partial charge in [-0.2, -0.15) is 5.10 Å². The number of benzene rings is 1. The molecule has 5 nitrogen and oxygen atoms in total. The number of amides is 1. The summed E-state index contributed by atoms with van der Waals surface area (Å²) < 4.78 is 29.0. The molecule has 22 heavy (non-hydrogen) atoms. The van der Waals surface area contributed by atoms with E-state index in [2.05, 4.69) is 5.10 Å². The number of hydroxylamine groups is 2. The molecule has 1 amide bonds. The van der Waals surface area contributed by atoms with Gasteiger partial charge in [-0.1, -0.05) is 6.07 Å². The Labute approximate surface area is 127 Å². The second kappa shape index (κ2) is 5.84. The molecule has 1 aromatic carbocycles. The number of nitrogens with zero attached hydrogens (tertiary/aromatic N) is 3. The van der Waals surface area contributed by atoms with Crippen molar-refractivity contribution in [1.29, 1.82) is 0 Å². The van der Waals surface area contributed by atoms with E-state index >= 15 is 0 Å². The van der Waals surface area contributed by atoms with Gasteiger partial charge in [0.1, 0.15) is 17.2 Å². The van der Waals surface area contributed by atoms with Crippen LogP contribution in [-0.4, -0.2) is 34.9 Å². The van der Waals surface area contributed by atoms with Crippen LogP contribution in [0.2, 0.25) is 0 Å². The summed E-state index contributed by atoms with van der Waals surface area (Å²) in [4.78, 5) is 17.1. The van der Waals surface area contributed by atoms with E-state index in [0.29, 0.717) is 0 Å². The first-order valence-electron chi connectivity index (χ1n) is 6.62. The van der Waals surface area contributed by atoms with E-state index in [-0.39, 0.29) is 17.2 Å². The predicted octanol–water partition coefficient (Wildman–Crippen LogP) is 2.58. The minimum Gasteiger partial charge on any atom is -0.274 e. The molecular weight excluding hydrogens is 292 g/mol. The van der Waals surface area contributed by atoms with Crippen LogP contribution in [-0.2, 0) is 15.2 Å². The summed E-state index contributed by atoms with van der Waals surface area (Å²) in [5, 5.41) is 5.22. The van der Waals surface area contributed by atoms with Crippen LogP contribution in [0, 0.1) is 11.6 Å². The van der Waals surface area contributed by atoms with Crippen molar-refractivity contribution in [3.8, 4) is 11.3 Å². The molecule has 0 aliphatic carbocycles. The maximum atomic E-state index is 13.8. The van der Waals surface area contributed by atoms with Crippen LogP contribution in [0.5, 0.6) is 0 Å². The van der Waals surface area contributed by atoms with E-state index in [0.717, 1.165) is 17.2 Å². The van der Waals surface area contributed by atoms with Crippen LogP contribution in [0.25, 0.3) is 11.3 Å². The molecule has 0 atom stereocenters. The van der Waals surface area contributed by atoms with E-state index in [4.69, 9.17) is 4.84 Å². The van der Waals surface area contributed by atoms with Crippen molar-refractivity contribution in [2.75, 3.05) is 14.2 Å². The van der Waals surface area contributed by atoms with Crippen LogP contribution >= 0.6 is 0 Å². The Bertz CT molecular complexity index is 678. The number of carbonyl (C=O) groups excluding carboxylic acids is 1. The summed E-state index contributed by atoms with van der Waals surface area (Å²) in [6.45, 7) is 3.28. The molecule has 0 bridgehead atoms. The fourth-order valence-electron chi connectivity index (χ4n) is 2.08. The van der Waals surface area contributed by atoms with E-state index < -0.39 is 17.2 Å². The number of carbonyl (C=O) groups is 1. The van der Waals surface area contributed by atoms with Gasteiger partial charge in [-0.3, -0.25) is 14.3 Å². The van der Waals surface area contributed by atoms with Crippen LogP contribution in [0.3, 0.4) is 0 Å². The SMILES string of the molecule is CON(C)C(=O)C(C)(C)n1ccc(-c2c(F)cccc2F)n1. The van der Waals surface area contributed by atoms with Crippen molar-refractivity contribution in [2.45, 2.75) is 19.4 Å². The molecule has 0 aliphatic heterocycles. The van der Waals surface area contributed by atoms with Gasteiger partial charge in [0.15, 0.2) is 0 Å². The molecule has 0 saturated heterocycles. The largest absolute Gasteiger partial charge is 0.274 e. The summed E-state index contributed by atoms with van der Waals surface area (Å²) in [6.07, 6.45) is 1.50. The number of aromatic nitrogens is 2. The van der Waals surface area contributed by atoms with Gasteiger partial charge < -0.3 is 0 Å². The first-order chi connectivity index (χ1) is 10.3. The third-order valence-corrected chi connectivity index (χ3v) is 3.46. The summed E-state index contributed by atoms with van der Waals surface area (Å²) in [6, 6.07) is 5.06. The molecule has 118 valence electrons. The molecule has 0 aliphatic rings. The van der Waals surface area contributed by atoms with Gasteiger partial charge in [-0.05, 0) is 32.0 Å². The number of hydrogen-bond acceptors (Lipinski definition) is 3. The molecule has 0 fully saturated rings. The lowest BCUT2D eigenvalue weighted by atomic mass is 10.1. The molecule has 0 spiro atoms. The number of rotatable bonds is 4. The lowest BCUT2D eigenvalue weighted by molar-refractivity contribution is -0.177. The van der Waals surface area contributed by atoms with Crippen molar-refractivity contribution in [2.24, 2.45) is 0 Å². The highest BCUT2D eigenvalue weighted by molar-refractivity contribution is 5.82. The van der Waals surface area contributed by atoms with E-state index in [1.54, 1.807) is 13.8 Å². The van der Waals surface area contributed by atoms with Gasteiger partial charge in [-0.15, -0.1) is 0 Å². The average Bonchev–Trinajstić information content (AvgIpc) is 2.95. The predicted molar refractivity (Wildman–Crippen MR) is 76.7 cm³/mol. The lowest BCUT2D eigenvalue weighted by Crippen LogP contribution is -2.45. The Morgan fingerprint density at radius 2 is 1.86 bits per heavy atom. The standard InChI is InChI=1S/C15H17F2N3O2/c1-15(2,14(21)19(3)22-4)20-9-8-12(18-20)13-10(16)6-5-7-11(13)17/h5-9H,1-4H3. The minimum absolute atomic E-state index is 0.122. The molecule has 2 rings (SSSR count). The Kier molecular flexibility index (Phi) is 4.27. The zero-order valence-electron chi connectivity index (χ0n) is 12.8. The van der Waals surface area contributed by atoms with Crippen LogP contribution in [0.1, 0.15) is 13.8 Å². The van der Waals surface area contributed by atoms with Gasteiger partial charge in [0.25, 0.3) is 5.91 Å². The third kappa shape index (κ3) is 2.71. The molecule has 1 aromatic heterocycles. The summed E-state index contributed by atoms with van der Waals surface area (Å²) in [5.41, 5.74) is -1.16. The maximum Gasteiger partial charge on any atom is 0.273 e. The fourth-order valence-corrected chi connectivity index (χ4v) is 2.08. The summed E-state index contributed by atoms with van der Waals surface area (Å²) >= 11 is 0. The van der Waals surface area contributed by atoms with Crippen molar-refractivity contribution < 1.29 is 18.4 Å². The highest BCUT2D eigenvalue weighted by atomic mass is 19.1. The summed E-state index contributed by atoms with van der Waals surface area (Å²) in [7, 11) is 2.85. The summed E-state index contributed by atoms with van der Waals surface area (Å²) in [5.74, 6) is -1.76. The number of hydrogen-bond donors (Lipinski definition) is 0. The van der Waals surface area contributed by atoms with Gasteiger partial charge in [0, 0.05) is 13.2 Å². The molecule has 7 heteroatoms. The monoisotopic (exact) mass is 309 g/mol. The van der Waals surface area contributed by atoms with Crippen molar-refractivity contribution in [1.82, 2.24) is 14.8 Å². The highest BCUT2D eigenvalue weighted by Crippen LogP contribution is 2.26. The van der Waals surface area contributed by atoms with E-state index in [9.17, 15) is 13.6 Å². The molecule has 0 radical (unpaired) electrons. The first kappa shape index (κ1) is 16.1. The van der Waals surface area contributed by atoms with E-state index in [1.165, 1.54) is 37.2 Å². The molecule has 1 heterocycles. The average molecular weight is 309 g/mol. The zero-order chi connectivity index (χ0) is 16.5. The number of likely N-dealkylation sites (N-methyl/N-ethyl adjacent to an activating group) is 1. The zero-order valence-corrected chi connectivity index (χ0v) is 12.8. The normalized spacial score (nSPS) is 11.5. The van der Waals surface area contributed by atoms with E-state index in [1.807, 2.05) is 0 Å². The Morgan fingerprint density at radius 3 is 2.41 bits per heavy atom. The second-order valence-electron chi connectivity index (χ2n) is 5.29. The Balaban J connectivity index is 2.42. The number of halogens is 2. The first-order valence-corrected chi connectivity index (χ1v) is 6.62. The molecule has 0 saturated carbocycles. The molecule has 2 aromatic rings. The molecule has 0 N–H and O–H groups in total. The highest BCUT2D eigenvalue weighted by Gasteiger charge is 2.34. The van der Waals surface area contributed by atoms with Crippen molar-refractivity contribution in [3.05, 3.63) is 42.1 Å². The van der Waals surface area contributed by atoms with Gasteiger partial charge in [-0.25, -0.2) is 13.8 Å². The quantitative estimate of drug-likeness (QED) is 0.816. The van der Waals surface area contributed by atoms with Crippen molar-refractivity contribution in [3.63, 3.8) is 0 Å². The van der Waals surface area contributed by atoms with Crippen molar-refractivity contribution >= 4 is 5.91 Å². The maximum absolute atomic E-state index is 13.8. The van der Waals surface area contributed by atoms with Gasteiger partial charge >= 0.3 is 0 Å². The molecular formula is C15H17F2N3O2. The third-order valence-electron chi connectivity index (χ3n) is 3.46. The Hall–Kier alpha value is -2.28. The van der Waals surface area contributed by atoms with Gasteiger partial charge in [0.2, 0.25) is 0 Å². The fraction of sp³-hybridized carbons (Fsp3) is 0.333. The van der Waals surface area contributed by atoms with Crippen LogP contribution in [0.15, 0.2) is 30.5 Å². The second-order valence-corrected chi connectivity index (χ2v) is 5.29.